The van der Waals surface area contributed by atoms with Crippen LogP contribution in [-0.4, -0.2) is 46.0 Å². The summed E-state index contributed by atoms with van der Waals surface area (Å²) in [6.45, 7) is 10.3. The first-order valence-electron chi connectivity index (χ1n) is 7.86. The minimum absolute atomic E-state index is 0. The molecule has 4 N–H and O–H groups in total. The van der Waals surface area contributed by atoms with Crippen LogP contribution in [0.4, 0.5) is 0 Å². The van der Waals surface area contributed by atoms with Crippen LogP contribution < -0.4 is 10.6 Å². The molecule has 150 valence electrons. The van der Waals surface area contributed by atoms with E-state index in [2.05, 4.69) is 10.6 Å². The van der Waals surface area contributed by atoms with E-state index in [1.54, 1.807) is 0 Å². The molecule has 0 radical (unpaired) electrons. The Morgan fingerprint density at radius 2 is 0.960 bits per heavy atom. The number of aliphatic carboxylic acids is 2. The minimum atomic E-state index is -0.973. The largest absolute Gasteiger partial charge is 0.480 e. The molecular formula is C16H30N2O6Pt. The van der Waals surface area contributed by atoms with E-state index in [9.17, 15) is 19.2 Å². The van der Waals surface area contributed by atoms with Crippen LogP contribution in [0, 0.1) is 11.8 Å². The van der Waals surface area contributed by atoms with Gasteiger partial charge in [0.2, 0.25) is 11.8 Å². The van der Waals surface area contributed by atoms with Gasteiger partial charge < -0.3 is 20.8 Å². The molecule has 2 atom stereocenters. The Morgan fingerprint density at radius 3 is 1.08 bits per heavy atom. The smallest absolute Gasteiger partial charge is 0.326 e. The number of nitrogens with one attached hydrogen (secondary N) is 2. The second-order valence-electron chi connectivity index (χ2n) is 6.44. The van der Waals surface area contributed by atoms with Gasteiger partial charge in [0, 0.05) is 34.9 Å². The number of hydrogen-bond acceptors (Lipinski definition) is 4. The molecule has 2 amide bonds. The van der Waals surface area contributed by atoms with Crippen molar-refractivity contribution in [3.63, 3.8) is 0 Å². The third kappa shape index (κ3) is 18.7. The van der Waals surface area contributed by atoms with Crippen LogP contribution in [0.25, 0.3) is 0 Å². The molecule has 0 saturated heterocycles. The minimum Gasteiger partial charge on any atom is -0.480 e. The molecular weight excluding hydrogens is 511 g/mol. The summed E-state index contributed by atoms with van der Waals surface area (Å²) in [7, 11) is 0. The first kappa shape index (κ1) is 28.4. The Kier molecular flexibility index (Phi) is 16.9. The average Bonchev–Trinajstić information content (AvgIpc) is 2.35. The molecule has 8 nitrogen and oxygen atoms in total. The SMILES string of the molecule is CC(=O)NC(CC(C)C)C(=O)O.CC(=O)NC(CC(C)C)C(=O)O.[Pt]. The summed E-state index contributed by atoms with van der Waals surface area (Å²) in [5.74, 6) is -2.03. The number of carbonyl (C=O) groups excluding carboxylic acids is 2. The molecule has 0 fully saturated rings. The van der Waals surface area contributed by atoms with Crippen molar-refractivity contribution < 1.29 is 50.5 Å². The van der Waals surface area contributed by atoms with Gasteiger partial charge in [-0.1, -0.05) is 27.7 Å². The van der Waals surface area contributed by atoms with Gasteiger partial charge in [0.15, 0.2) is 0 Å². The summed E-state index contributed by atoms with van der Waals surface area (Å²) in [6.07, 6.45) is 0.934. The summed E-state index contributed by atoms with van der Waals surface area (Å²) < 4.78 is 0. The van der Waals surface area contributed by atoms with Gasteiger partial charge in [-0.2, -0.15) is 0 Å². The van der Waals surface area contributed by atoms with Crippen LogP contribution in [0.2, 0.25) is 0 Å². The van der Waals surface area contributed by atoms with Crippen LogP contribution in [0.3, 0.4) is 0 Å². The molecule has 25 heavy (non-hydrogen) atoms. The third-order valence-corrected chi connectivity index (χ3v) is 2.77. The molecule has 0 aromatic carbocycles. The topological polar surface area (TPSA) is 133 Å². The van der Waals surface area contributed by atoms with Crippen LogP contribution in [0.5, 0.6) is 0 Å². The predicted octanol–water partition coefficient (Wildman–Crippen LogP) is 1.24. The summed E-state index contributed by atoms with van der Waals surface area (Å²) in [5.41, 5.74) is 0. The molecule has 0 aliphatic rings. The van der Waals surface area contributed by atoms with Crippen molar-refractivity contribution in [2.75, 3.05) is 0 Å². The first-order valence-corrected chi connectivity index (χ1v) is 7.86. The molecule has 0 bridgehead atoms. The monoisotopic (exact) mass is 541 g/mol. The van der Waals surface area contributed by atoms with Crippen molar-refractivity contribution >= 4 is 23.8 Å². The normalized spacial score (nSPS) is 12.2. The van der Waals surface area contributed by atoms with E-state index in [1.807, 2.05) is 27.7 Å². The quantitative estimate of drug-likeness (QED) is 0.366. The van der Waals surface area contributed by atoms with Crippen molar-refractivity contribution in [2.24, 2.45) is 11.8 Å². The second-order valence-corrected chi connectivity index (χ2v) is 6.44. The molecule has 0 aliphatic heterocycles. The van der Waals surface area contributed by atoms with E-state index in [4.69, 9.17) is 10.2 Å². The van der Waals surface area contributed by atoms with Crippen molar-refractivity contribution in [3.8, 4) is 0 Å². The molecule has 0 spiro atoms. The second kappa shape index (κ2) is 14.9. The third-order valence-electron chi connectivity index (χ3n) is 2.77. The van der Waals surface area contributed by atoms with Gasteiger partial charge in [0.05, 0.1) is 0 Å². The maximum atomic E-state index is 10.6. The maximum absolute atomic E-state index is 10.6. The van der Waals surface area contributed by atoms with Gasteiger partial charge in [0.25, 0.3) is 0 Å². The van der Waals surface area contributed by atoms with E-state index in [0.717, 1.165) is 0 Å². The van der Waals surface area contributed by atoms with Crippen LogP contribution in [0.15, 0.2) is 0 Å². The van der Waals surface area contributed by atoms with E-state index < -0.39 is 24.0 Å². The Labute approximate surface area is 163 Å². The molecule has 0 aliphatic carbocycles. The summed E-state index contributed by atoms with van der Waals surface area (Å²) in [4.78, 5) is 42.2. The van der Waals surface area contributed by atoms with Gasteiger partial charge in [0.1, 0.15) is 12.1 Å². The fourth-order valence-corrected chi connectivity index (χ4v) is 1.88. The number of carbonyl (C=O) groups is 4. The zero-order chi connectivity index (χ0) is 19.4. The Hall–Kier alpha value is -1.43. The molecule has 0 heterocycles. The van der Waals surface area contributed by atoms with Crippen molar-refractivity contribution in [3.05, 3.63) is 0 Å². The molecule has 0 aromatic heterocycles. The van der Waals surface area contributed by atoms with Crippen molar-refractivity contribution in [1.29, 1.82) is 0 Å². The van der Waals surface area contributed by atoms with Crippen molar-refractivity contribution in [2.45, 2.75) is 66.5 Å². The first-order chi connectivity index (χ1) is 10.9. The Morgan fingerprint density at radius 1 is 0.720 bits per heavy atom. The van der Waals surface area contributed by atoms with Crippen molar-refractivity contribution in [1.82, 2.24) is 10.6 Å². The van der Waals surface area contributed by atoms with Gasteiger partial charge in [-0.3, -0.25) is 9.59 Å². The molecule has 2 unspecified atom stereocenters. The maximum Gasteiger partial charge on any atom is 0.326 e. The fourth-order valence-electron chi connectivity index (χ4n) is 1.88. The number of carboxylic acid groups (broad SMARTS) is 2. The summed E-state index contributed by atoms with van der Waals surface area (Å²) >= 11 is 0. The van der Waals surface area contributed by atoms with E-state index in [-0.39, 0.29) is 44.7 Å². The van der Waals surface area contributed by atoms with Crippen LogP contribution in [-0.2, 0) is 40.2 Å². The standard InChI is InChI=1S/2C8H15NO3.Pt/c2*1-5(2)4-7(8(11)12)9-6(3)10;/h2*5,7H,4H2,1-3H3,(H,9,10)(H,11,12);. The molecule has 9 heteroatoms. The van der Waals surface area contributed by atoms with Crippen LogP contribution in [0.1, 0.15) is 54.4 Å². The van der Waals surface area contributed by atoms with E-state index in [0.29, 0.717) is 12.8 Å². The van der Waals surface area contributed by atoms with Crippen LogP contribution >= 0.6 is 0 Å². The van der Waals surface area contributed by atoms with E-state index in [1.165, 1.54) is 13.8 Å². The molecule has 0 aromatic rings. The zero-order valence-corrected chi connectivity index (χ0v) is 17.8. The molecule has 0 saturated carbocycles. The summed E-state index contributed by atoms with van der Waals surface area (Å²) in [6, 6.07) is -1.50. The van der Waals surface area contributed by atoms with Gasteiger partial charge in [-0.15, -0.1) is 0 Å². The number of hydrogen-bond donors (Lipinski definition) is 4. The fraction of sp³-hybridized carbons (Fsp3) is 0.750. The number of amides is 2. The average molecular weight is 542 g/mol. The van der Waals surface area contributed by atoms with Gasteiger partial charge >= 0.3 is 11.9 Å². The predicted molar refractivity (Wildman–Crippen MR) is 89.4 cm³/mol. The van der Waals surface area contributed by atoms with Gasteiger partial charge in [-0.05, 0) is 24.7 Å². The summed E-state index contributed by atoms with van der Waals surface area (Å²) in [5, 5.41) is 22.1. The van der Waals surface area contributed by atoms with E-state index >= 15 is 0 Å². The Balaban J connectivity index is -0.000000372. The Bertz CT molecular complexity index is 400. The number of carboxylic acids is 2. The zero-order valence-electron chi connectivity index (χ0n) is 15.6. The molecule has 0 rings (SSSR count). The number of rotatable bonds is 8. The van der Waals surface area contributed by atoms with Gasteiger partial charge in [-0.25, -0.2) is 9.59 Å².